The van der Waals surface area contributed by atoms with Crippen molar-refractivity contribution in [3.63, 3.8) is 0 Å². The first kappa shape index (κ1) is 13.4. The molecule has 0 aliphatic carbocycles. The van der Waals surface area contributed by atoms with E-state index in [0.717, 1.165) is 38.9 Å². The predicted octanol–water partition coefficient (Wildman–Crippen LogP) is 0.325. The molecular weight excluding hydrogens is 210 g/mol. The maximum Gasteiger partial charge on any atom is 0.305 e. The molecule has 5 nitrogen and oxygen atoms in total. The molecule has 0 spiro atoms. The molecule has 0 radical (unpaired) electrons. The molecule has 5 heteroatoms. The van der Waals surface area contributed by atoms with Crippen LogP contribution in [-0.2, 0) is 9.53 Å². The second kappa shape index (κ2) is 7.60. The number of carboxylic acids is 1. The zero-order chi connectivity index (χ0) is 11.8. The SMILES string of the molecule is O=C(O)CCOC1CCN(CCCO)CC1. The normalized spacial score (nSPS) is 18.8. The molecule has 1 heterocycles. The number of piperidine rings is 1. The molecule has 94 valence electrons. The lowest BCUT2D eigenvalue weighted by Crippen LogP contribution is -2.38. The summed E-state index contributed by atoms with van der Waals surface area (Å²) in [5, 5.41) is 17.2. The quantitative estimate of drug-likeness (QED) is 0.660. The summed E-state index contributed by atoms with van der Waals surface area (Å²) in [5.41, 5.74) is 0. The van der Waals surface area contributed by atoms with E-state index in [1.54, 1.807) is 0 Å². The van der Waals surface area contributed by atoms with Gasteiger partial charge in [0, 0.05) is 26.2 Å². The van der Waals surface area contributed by atoms with Gasteiger partial charge >= 0.3 is 5.97 Å². The van der Waals surface area contributed by atoms with Crippen molar-refractivity contribution in [2.75, 3.05) is 32.8 Å². The number of hydrogen-bond acceptors (Lipinski definition) is 4. The molecule has 0 atom stereocenters. The van der Waals surface area contributed by atoms with Gasteiger partial charge in [-0.15, -0.1) is 0 Å². The molecule has 1 fully saturated rings. The number of nitrogens with zero attached hydrogens (tertiary/aromatic N) is 1. The number of aliphatic hydroxyl groups is 1. The number of aliphatic hydroxyl groups excluding tert-OH is 1. The fourth-order valence-corrected chi connectivity index (χ4v) is 1.91. The number of rotatable bonds is 7. The van der Waals surface area contributed by atoms with E-state index in [1.807, 2.05) is 0 Å². The van der Waals surface area contributed by atoms with E-state index in [9.17, 15) is 4.79 Å². The van der Waals surface area contributed by atoms with Crippen molar-refractivity contribution in [1.82, 2.24) is 4.90 Å². The Bertz CT molecular complexity index is 202. The Labute approximate surface area is 96.0 Å². The van der Waals surface area contributed by atoms with Crippen LogP contribution < -0.4 is 0 Å². The van der Waals surface area contributed by atoms with E-state index in [-0.39, 0.29) is 19.1 Å². The van der Waals surface area contributed by atoms with Gasteiger partial charge in [0.1, 0.15) is 0 Å². The summed E-state index contributed by atoms with van der Waals surface area (Å²) in [7, 11) is 0. The van der Waals surface area contributed by atoms with Crippen molar-refractivity contribution < 1.29 is 19.7 Å². The molecule has 1 aliphatic rings. The van der Waals surface area contributed by atoms with Gasteiger partial charge in [-0.1, -0.05) is 0 Å². The number of ether oxygens (including phenoxy) is 1. The first-order chi connectivity index (χ1) is 7.72. The zero-order valence-electron chi connectivity index (χ0n) is 9.60. The third-order valence-electron chi connectivity index (χ3n) is 2.84. The molecule has 16 heavy (non-hydrogen) atoms. The fourth-order valence-electron chi connectivity index (χ4n) is 1.91. The summed E-state index contributed by atoms with van der Waals surface area (Å²) in [4.78, 5) is 12.6. The smallest absolute Gasteiger partial charge is 0.305 e. The minimum Gasteiger partial charge on any atom is -0.481 e. The van der Waals surface area contributed by atoms with Crippen LogP contribution in [0.4, 0.5) is 0 Å². The van der Waals surface area contributed by atoms with Gasteiger partial charge < -0.3 is 19.8 Å². The van der Waals surface area contributed by atoms with E-state index in [0.29, 0.717) is 6.61 Å². The highest BCUT2D eigenvalue weighted by molar-refractivity contribution is 5.66. The number of aliphatic carboxylic acids is 1. The second-order valence-electron chi connectivity index (χ2n) is 4.13. The van der Waals surface area contributed by atoms with Crippen molar-refractivity contribution in [2.24, 2.45) is 0 Å². The van der Waals surface area contributed by atoms with Crippen molar-refractivity contribution in [3.05, 3.63) is 0 Å². The molecule has 0 bridgehead atoms. The standard InChI is InChI=1S/C11H21NO4/c13-8-1-5-12-6-2-10(3-7-12)16-9-4-11(14)15/h10,13H,1-9H2,(H,14,15). The average molecular weight is 231 g/mol. The van der Waals surface area contributed by atoms with Crippen LogP contribution in [0.15, 0.2) is 0 Å². The molecule has 2 N–H and O–H groups in total. The first-order valence-electron chi connectivity index (χ1n) is 5.89. The van der Waals surface area contributed by atoms with Crippen LogP contribution in [-0.4, -0.2) is 60.0 Å². The van der Waals surface area contributed by atoms with Crippen LogP contribution in [0.3, 0.4) is 0 Å². The molecule has 0 aromatic carbocycles. The van der Waals surface area contributed by atoms with Crippen LogP contribution in [0.5, 0.6) is 0 Å². The Morgan fingerprint density at radius 3 is 2.62 bits per heavy atom. The molecule has 1 saturated heterocycles. The van der Waals surface area contributed by atoms with Crippen molar-refractivity contribution in [3.8, 4) is 0 Å². The van der Waals surface area contributed by atoms with E-state index < -0.39 is 5.97 Å². The van der Waals surface area contributed by atoms with Crippen LogP contribution in [0.2, 0.25) is 0 Å². The molecule has 0 aromatic heterocycles. The highest BCUT2D eigenvalue weighted by Gasteiger charge is 2.19. The molecule has 0 aromatic rings. The lowest BCUT2D eigenvalue weighted by atomic mass is 10.1. The minimum absolute atomic E-state index is 0.0880. The highest BCUT2D eigenvalue weighted by atomic mass is 16.5. The number of carboxylic acid groups (broad SMARTS) is 1. The van der Waals surface area contributed by atoms with E-state index in [1.165, 1.54) is 0 Å². The number of hydrogen-bond donors (Lipinski definition) is 2. The van der Waals surface area contributed by atoms with E-state index in [4.69, 9.17) is 14.9 Å². The van der Waals surface area contributed by atoms with Gasteiger partial charge in [0.2, 0.25) is 0 Å². The highest BCUT2D eigenvalue weighted by Crippen LogP contribution is 2.13. The van der Waals surface area contributed by atoms with Crippen LogP contribution in [0.1, 0.15) is 25.7 Å². The fraction of sp³-hybridized carbons (Fsp3) is 0.909. The molecular formula is C11H21NO4. The Balaban J connectivity index is 2.05. The largest absolute Gasteiger partial charge is 0.481 e. The van der Waals surface area contributed by atoms with Crippen LogP contribution >= 0.6 is 0 Å². The topological polar surface area (TPSA) is 70.0 Å². The number of likely N-dealkylation sites (tertiary alicyclic amines) is 1. The molecule has 0 unspecified atom stereocenters. The first-order valence-corrected chi connectivity index (χ1v) is 5.89. The van der Waals surface area contributed by atoms with Crippen LogP contribution in [0.25, 0.3) is 0 Å². The summed E-state index contributed by atoms with van der Waals surface area (Å²) < 4.78 is 5.49. The monoisotopic (exact) mass is 231 g/mol. The average Bonchev–Trinajstić information content (AvgIpc) is 2.27. The van der Waals surface area contributed by atoms with Crippen LogP contribution in [0, 0.1) is 0 Å². The Morgan fingerprint density at radius 1 is 1.38 bits per heavy atom. The maximum atomic E-state index is 10.3. The zero-order valence-corrected chi connectivity index (χ0v) is 9.60. The number of carbonyl (C=O) groups is 1. The van der Waals surface area contributed by atoms with Crippen molar-refractivity contribution in [2.45, 2.75) is 31.8 Å². The van der Waals surface area contributed by atoms with Gasteiger partial charge in [-0.3, -0.25) is 4.79 Å². The van der Waals surface area contributed by atoms with Gasteiger partial charge in [-0.05, 0) is 19.3 Å². The molecule has 1 rings (SSSR count). The van der Waals surface area contributed by atoms with Crippen molar-refractivity contribution >= 4 is 5.97 Å². The maximum absolute atomic E-state index is 10.3. The summed E-state index contributed by atoms with van der Waals surface area (Å²) in [6, 6.07) is 0. The summed E-state index contributed by atoms with van der Waals surface area (Å²) in [5.74, 6) is -0.805. The van der Waals surface area contributed by atoms with Gasteiger partial charge in [-0.25, -0.2) is 0 Å². The third-order valence-corrected chi connectivity index (χ3v) is 2.84. The summed E-state index contributed by atoms with van der Waals surface area (Å²) in [6.07, 6.45) is 3.05. The lowest BCUT2D eigenvalue weighted by molar-refractivity contribution is -0.138. The molecule has 1 aliphatic heterocycles. The third kappa shape index (κ3) is 5.44. The Morgan fingerprint density at radius 2 is 2.06 bits per heavy atom. The second-order valence-corrected chi connectivity index (χ2v) is 4.13. The predicted molar refractivity (Wildman–Crippen MR) is 59.4 cm³/mol. The van der Waals surface area contributed by atoms with Gasteiger partial charge in [-0.2, -0.15) is 0 Å². The molecule has 0 saturated carbocycles. The van der Waals surface area contributed by atoms with Gasteiger partial charge in [0.25, 0.3) is 0 Å². The summed E-state index contributed by atoms with van der Waals surface area (Å²) >= 11 is 0. The lowest BCUT2D eigenvalue weighted by Gasteiger charge is -2.31. The van der Waals surface area contributed by atoms with E-state index >= 15 is 0 Å². The summed E-state index contributed by atoms with van der Waals surface area (Å²) in [6.45, 7) is 3.47. The Hall–Kier alpha value is -0.650. The molecule has 0 amide bonds. The van der Waals surface area contributed by atoms with E-state index in [2.05, 4.69) is 4.90 Å². The Kier molecular flexibility index (Phi) is 6.37. The minimum atomic E-state index is -0.805. The van der Waals surface area contributed by atoms with Crippen molar-refractivity contribution in [1.29, 1.82) is 0 Å². The van der Waals surface area contributed by atoms with Gasteiger partial charge in [0.15, 0.2) is 0 Å². The van der Waals surface area contributed by atoms with Gasteiger partial charge in [0.05, 0.1) is 19.1 Å².